The van der Waals surface area contributed by atoms with Crippen LogP contribution in [0.15, 0.2) is 24.3 Å². The Hall–Kier alpha value is -0.320. The molecular formula is C13H19NOS2. The smallest absolute Gasteiger partial charge is 0.119 e. The van der Waals surface area contributed by atoms with Crippen LogP contribution in [0.25, 0.3) is 0 Å². The molecule has 0 radical (unpaired) electrons. The summed E-state index contributed by atoms with van der Waals surface area (Å²) in [6, 6.07) is 8.81. The van der Waals surface area contributed by atoms with Crippen LogP contribution < -0.4 is 10.1 Å². The molecule has 0 bridgehead atoms. The highest BCUT2D eigenvalue weighted by molar-refractivity contribution is 8.06. The van der Waals surface area contributed by atoms with Crippen molar-refractivity contribution < 1.29 is 4.74 Å². The van der Waals surface area contributed by atoms with Crippen molar-refractivity contribution in [3.63, 3.8) is 0 Å². The van der Waals surface area contributed by atoms with Gasteiger partial charge in [0.2, 0.25) is 0 Å². The van der Waals surface area contributed by atoms with Crippen LogP contribution in [-0.2, 0) is 0 Å². The van der Waals surface area contributed by atoms with Crippen LogP contribution in [-0.4, -0.2) is 36.7 Å². The number of rotatable bonds is 4. The Labute approximate surface area is 112 Å². The SMILES string of the molecule is CNC(c1cccc(OC)c1)C1CSCCS1. The van der Waals surface area contributed by atoms with E-state index in [1.807, 2.05) is 13.1 Å². The maximum atomic E-state index is 5.30. The minimum absolute atomic E-state index is 0.419. The topological polar surface area (TPSA) is 21.3 Å². The number of hydrogen-bond acceptors (Lipinski definition) is 4. The van der Waals surface area contributed by atoms with Gasteiger partial charge in [0.05, 0.1) is 7.11 Å². The molecule has 0 aromatic heterocycles. The Morgan fingerprint density at radius 1 is 1.41 bits per heavy atom. The molecule has 2 nitrogen and oxygen atoms in total. The molecule has 94 valence electrons. The van der Waals surface area contributed by atoms with Gasteiger partial charge in [-0.2, -0.15) is 23.5 Å². The first kappa shape index (κ1) is 13.1. The van der Waals surface area contributed by atoms with Gasteiger partial charge in [0.25, 0.3) is 0 Å². The van der Waals surface area contributed by atoms with Gasteiger partial charge in [-0.1, -0.05) is 12.1 Å². The van der Waals surface area contributed by atoms with E-state index < -0.39 is 0 Å². The summed E-state index contributed by atoms with van der Waals surface area (Å²) < 4.78 is 5.30. The Balaban J connectivity index is 2.15. The van der Waals surface area contributed by atoms with E-state index in [1.54, 1.807) is 7.11 Å². The Morgan fingerprint density at radius 3 is 2.94 bits per heavy atom. The lowest BCUT2D eigenvalue weighted by Crippen LogP contribution is -2.31. The van der Waals surface area contributed by atoms with Crippen molar-refractivity contribution in [2.24, 2.45) is 0 Å². The van der Waals surface area contributed by atoms with E-state index in [0.29, 0.717) is 11.3 Å². The first-order valence-electron chi connectivity index (χ1n) is 5.85. The summed E-state index contributed by atoms with van der Waals surface area (Å²) in [5, 5.41) is 4.11. The highest BCUT2D eigenvalue weighted by Crippen LogP contribution is 2.34. The van der Waals surface area contributed by atoms with Crippen molar-refractivity contribution in [3.05, 3.63) is 29.8 Å². The number of hydrogen-bond donors (Lipinski definition) is 1. The number of ether oxygens (including phenoxy) is 1. The Bertz CT molecular complexity index is 353. The highest BCUT2D eigenvalue weighted by atomic mass is 32.2. The molecule has 0 amide bonds. The zero-order valence-corrected chi connectivity index (χ0v) is 11.9. The van der Waals surface area contributed by atoms with Gasteiger partial charge in [-0.3, -0.25) is 0 Å². The van der Waals surface area contributed by atoms with Crippen LogP contribution >= 0.6 is 23.5 Å². The van der Waals surface area contributed by atoms with Crippen molar-refractivity contribution in [1.82, 2.24) is 5.32 Å². The van der Waals surface area contributed by atoms with Crippen molar-refractivity contribution >= 4 is 23.5 Å². The Morgan fingerprint density at radius 2 is 2.29 bits per heavy atom. The molecule has 0 spiro atoms. The lowest BCUT2D eigenvalue weighted by atomic mass is 10.0. The molecule has 1 fully saturated rings. The molecule has 2 rings (SSSR count). The van der Waals surface area contributed by atoms with Crippen LogP contribution in [0.3, 0.4) is 0 Å². The van der Waals surface area contributed by atoms with Gasteiger partial charge >= 0.3 is 0 Å². The fourth-order valence-electron chi connectivity index (χ4n) is 2.10. The molecule has 0 aliphatic carbocycles. The summed E-state index contributed by atoms with van der Waals surface area (Å²) in [6.45, 7) is 0. The number of methoxy groups -OCH3 is 1. The summed E-state index contributed by atoms with van der Waals surface area (Å²) in [4.78, 5) is 0. The molecule has 1 aromatic carbocycles. The van der Waals surface area contributed by atoms with Gasteiger partial charge in [0, 0.05) is 28.6 Å². The van der Waals surface area contributed by atoms with E-state index in [0.717, 1.165) is 5.75 Å². The number of thioether (sulfide) groups is 2. The fourth-order valence-corrected chi connectivity index (χ4v) is 5.01. The summed E-state index contributed by atoms with van der Waals surface area (Å²) in [5.41, 5.74) is 1.33. The van der Waals surface area contributed by atoms with E-state index in [1.165, 1.54) is 22.8 Å². The first-order valence-corrected chi connectivity index (χ1v) is 8.06. The summed E-state index contributed by atoms with van der Waals surface area (Å²) in [6.07, 6.45) is 0. The quantitative estimate of drug-likeness (QED) is 0.907. The maximum Gasteiger partial charge on any atom is 0.119 e. The largest absolute Gasteiger partial charge is 0.497 e. The van der Waals surface area contributed by atoms with Crippen molar-refractivity contribution in [1.29, 1.82) is 0 Å². The van der Waals surface area contributed by atoms with Gasteiger partial charge in [0.1, 0.15) is 5.75 Å². The van der Waals surface area contributed by atoms with Gasteiger partial charge in [-0.25, -0.2) is 0 Å². The third-order valence-corrected chi connectivity index (χ3v) is 5.84. The van der Waals surface area contributed by atoms with Crippen LogP contribution in [0.1, 0.15) is 11.6 Å². The zero-order valence-electron chi connectivity index (χ0n) is 10.3. The summed E-state index contributed by atoms with van der Waals surface area (Å²) in [5.74, 6) is 4.72. The summed E-state index contributed by atoms with van der Waals surface area (Å²) in [7, 11) is 3.77. The van der Waals surface area contributed by atoms with Gasteiger partial charge in [-0.05, 0) is 24.7 Å². The minimum Gasteiger partial charge on any atom is -0.497 e. The second-order valence-electron chi connectivity index (χ2n) is 4.03. The normalized spacial score (nSPS) is 22.1. The molecule has 1 aromatic rings. The number of nitrogens with one attached hydrogen (secondary N) is 1. The van der Waals surface area contributed by atoms with Gasteiger partial charge in [-0.15, -0.1) is 0 Å². The predicted molar refractivity (Wildman–Crippen MR) is 78.4 cm³/mol. The molecule has 1 heterocycles. The van der Waals surface area contributed by atoms with Gasteiger partial charge < -0.3 is 10.1 Å². The molecule has 1 aliphatic heterocycles. The molecule has 2 atom stereocenters. The second kappa shape index (κ2) is 6.57. The Kier molecular flexibility index (Phi) is 5.07. The van der Waals surface area contributed by atoms with Crippen molar-refractivity contribution in [2.75, 3.05) is 31.4 Å². The lowest BCUT2D eigenvalue weighted by molar-refractivity contribution is 0.413. The average Bonchev–Trinajstić information content (AvgIpc) is 2.41. The average molecular weight is 269 g/mol. The highest BCUT2D eigenvalue weighted by Gasteiger charge is 2.24. The molecule has 17 heavy (non-hydrogen) atoms. The lowest BCUT2D eigenvalue weighted by Gasteiger charge is -2.29. The monoisotopic (exact) mass is 269 g/mol. The maximum absolute atomic E-state index is 5.30. The molecule has 1 aliphatic rings. The van der Waals surface area contributed by atoms with Gasteiger partial charge in [0.15, 0.2) is 0 Å². The molecular weight excluding hydrogens is 250 g/mol. The summed E-state index contributed by atoms with van der Waals surface area (Å²) >= 11 is 4.14. The molecule has 2 unspecified atom stereocenters. The third-order valence-electron chi connectivity index (χ3n) is 2.98. The number of benzene rings is 1. The first-order chi connectivity index (χ1) is 8.35. The third kappa shape index (κ3) is 3.33. The van der Waals surface area contributed by atoms with Crippen molar-refractivity contribution in [2.45, 2.75) is 11.3 Å². The standard InChI is InChI=1S/C13H19NOS2/c1-14-13(12-9-16-6-7-17-12)10-4-3-5-11(8-10)15-2/h3-5,8,12-14H,6-7,9H2,1-2H3. The molecule has 4 heteroatoms. The van der Waals surface area contributed by atoms with E-state index in [2.05, 4.69) is 47.0 Å². The van der Waals surface area contributed by atoms with Crippen molar-refractivity contribution in [3.8, 4) is 5.75 Å². The zero-order chi connectivity index (χ0) is 12.1. The van der Waals surface area contributed by atoms with E-state index in [4.69, 9.17) is 4.74 Å². The van der Waals surface area contributed by atoms with Crippen LogP contribution in [0, 0.1) is 0 Å². The second-order valence-corrected chi connectivity index (χ2v) is 6.52. The fraction of sp³-hybridized carbons (Fsp3) is 0.538. The van der Waals surface area contributed by atoms with Crippen LogP contribution in [0.5, 0.6) is 5.75 Å². The predicted octanol–water partition coefficient (Wildman–Crippen LogP) is 2.80. The van der Waals surface area contributed by atoms with E-state index in [-0.39, 0.29) is 0 Å². The minimum atomic E-state index is 0.419. The van der Waals surface area contributed by atoms with Crippen LogP contribution in [0.2, 0.25) is 0 Å². The van der Waals surface area contributed by atoms with Crippen LogP contribution in [0.4, 0.5) is 0 Å². The molecule has 1 N–H and O–H groups in total. The van der Waals surface area contributed by atoms with E-state index >= 15 is 0 Å². The van der Waals surface area contributed by atoms with E-state index in [9.17, 15) is 0 Å². The molecule has 0 saturated carbocycles. The molecule has 1 saturated heterocycles.